The Labute approximate surface area is 190 Å². The van der Waals surface area contributed by atoms with Crippen LogP contribution >= 0.6 is 0 Å². The zero-order chi connectivity index (χ0) is 23.2. The number of carbonyl (C=O) groups is 2. The van der Waals surface area contributed by atoms with E-state index in [2.05, 4.69) is 5.32 Å². The van der Waals surface area contributed by atoms with Crippen LogP contribution in [0.1, 0.15) is 22.8 Å². The molecule has 2 atom stereocenters. The SMILES string of the molecule is O=C1NCC(C(O)c2ccc(N(Cc3ccccc3)C(=O)OCc3ccccc3)c(F)c2)O1. The molecular weight excluding hydrogens is 427 g/mol. The summed E-state index contributed by atoms with van der Waals surface area (Å²) in [6.45, 7) is 0.260. The van der Waals surface area contributed by atoms with Crippen molar-refractivity contribution in [1.29, 1.82) is 0 Å². The van der Waals surface area contributed by atoms with Gasteiger partial charge in [0.25, 0.3) is 0 Å². The predicted octanol–water partition coefficient (Wildman–Crippen LogP) is 4.31. The van der Waals surface area contributed by atoms with E-state index >= 15 is 4.39 Å². The molecule has 2 unspecified atom stereocenters. The molecule has 1 aliphatic rings. The topological polar surface area (TPSA) is 88.1 Å². The molecule has 4 rings (SSSR count). The van der Waals surface area contributed by atoms with E-state index in [1.165, 1.54) is 17.0 Å². The second-order valence-corrected chi connectivity index (χ2v) is 7.59. The van der Waals surface area contributed by atoms with Gasteiger partial charge in [-0.05, 0) is 28.8 Å². The van der Waals surface area contributed by atoms with Crippen molar-refractivity contribution in [2.24, 2.45) is 0 Å². The van der Waals surface area contributed by atoms with E-state index in [4.69, 9.17) is 9.47 Å². The monoisotopic (exact) mass is 450 g/mol. The van der Waals surface area contributed by atoms with Gasteiger partial charge in [-0.2, -0.15) is 0 Å². The van der Waals surface area contributed by atoms with Gasteiger partial charge in [-0.15, -0.1) is 0 Å². The minimum absolute atomic E-state index is 0.00871. The molecule has 0 aliphatic carbocycles. The summed E-state index contributed by atoms with van der Waals surface area (Å²) < 4.78 is 25.6. The summed E-state index contributed by atoms with van der Waals surface area (Å²) in [6, 6.07) is 22.4. The lowest BCUT2D eigenvalue weighted by Gasteiger charge is -2.24. The van der Waals surface area contributed by atoms with Gasteiger partial charge in [-0.3, -0.25) is 4.90 Å². The second kappa shape index (κ2) is 10.1. The van der Waals surface area contributed by atoms with Crippen molar-refractivity contribution in [3.63, 3.8) is 0 Å². The number of cyclic esters (lactones) is 1. The first kappa shape index (κ1) is 22.3. The van der Waals surface area contributed by atoms with Crippen LogP contribution in [-0.4, -0.2) is 29.9 Å². The Bertz CT molecular complexity index is 1110. The maximum Gasteiger partial charge on any atom is 0.415 e. The van der Waals surface area contributed by atoms with E-state index in [0.29, 0.717) is 0 Å². The molecule has 33 heavy (non-hydrogen) atoms. The van der Waals surface area contributed by atoms with Crippen LogP contribution < -0.4 is 10.2 Å². The number of rotatable bonds is 7. The number of nitrogens with one attached hydrogen (secondary N) is 1. The molecule has 0 radical (unpaired) electrons. The Morgan fingerprint density at radius 1 is 1.09 bits per heavy atom. The number of anilines is 1. The average Bonchev–Trinajstić information content (AvgIpc) is 3.28. The van der Waals surface area contributed by atoms with Crippen LogP contribution in [-0.2, 0) is 22.6 Å². The number of hydrogen-bond acceptors (Lipinski definition) is 5. The molecule has 2 N–H and O–H groups in total. The molecule has 1 saturated heterocycles. The molecule has 0 saturated carbocycles. The lowest BCUT2D eigenvalue weighted by atomic mass is 10.0. The predicted molar refractivity (Wildman–Crippen MR) is 119 cm³/mol. The number of benzene rings is 3. The number of halogens is 1. The number of nitrogens with zero attached hydrogens (tertiary/aromatic N) is 1. The third-order valence-corrected chi connectivity index (χ3v) is 5.27. The molecule has 0 spiro atoms. The average molecular weight is 450 g/mol. The van der Waals surface area contributed by atoms with Crippen molar-refractivity contribution < 1.29 is 28.6 Å². The van der Waals surface area contributed by atoms with Gasteiger partial charge in [0, 0.05) is 0 Å². The molecule has 170 valence electrons. The fraction of sp³-hybridized carbons (Fsp3) is 0.200. The molecular formula is C25H23FN2O5. The first-order chi connectivity index (χ1) is 16.0. The third kappa shape index (κ3) is 5.48. The molecule has 3 aromatic rings. The van der Waals surface area contributed by atoms with Crippen molar-refractivity contribution in [3.8, 4) is 0 Å². The van der Waals surface area contributed by atoms with Crippen LogP contribution in [0.25, 0.3) is 0 Å². The minimum atomic E-state index is -1.21. The zero-order valence-electron chi connectivity index (χ0n) is 17.7. The van der Waals surface area contributed by atoms with E-state index in [-0.39, 0.29) is 30.9 Å². The summed E-state index contributed by atoms with van der Waals surface area (Å²) >= 11 is 0. The molecule has 3 aromatic carbocycles. The first-order valence-electron chi connectivity index (χ1n) is 10.5. The van der Waals surface area contributed by atoms with Gasteiger partial charge in [0.1, 0.15) is 18.5 Å². The molecule has 7 nitrogen and oxygen atoms in total. The number of aliphatic hydroxyl groups excluding tert-OH is 1. The summed E-state index contributed by atoms with van der Waals surface area (Å²) in [6.07, 6.45) is -3.37. The highest BCUT2D eigenvalue weighted by Gasteiger charge is 2.31. The summed E-state index contributed by atoms with van der Waals surface area (Å²) in [7, 11) is 0. The quantitative estimate of drug-likeness (QED) is 0.560. The summed E-state index contributed by atoms with van der Waals surface area (Å²) in [5.74, 6) is -0.712. The molecule has 1 fully saturated rings. The Morgan fingerprint density at radius 2 is 1.76 bits per heavy atom. The molecule has 1 aliphatic heterocycles. The van der Waals surface area contributed by atoms with Crippen LogP contribution in [0.15, 0.2) is 78.9 Å². The molecule has 0 bridgehead atoms. The minimum Gasteiger partial charge on any atom is -0.444 e. The Morgan fingerprint density at radius 3 is 2.36 bits per heavy atom. The summed E-state index contributed by atoms with van der Waals surface area (Å²) in [5.41, 5.74) is 1.84. The number of carbonyl (C=O) groups excluding carboxylic acids is 2. The molecule has 0 aromatic heterocycles. The number of aliphatic hydroxyl groups is 1. The number of amides is 2. The number of hydrogen-bond donors (Lipinski definition) is 2. The number of alkyl carbamates (subject to hydrolysis) is 1. The summed E-state index contributed by atoms with van der Waals surface area (Å²) in [4.78, 5) is 25.4. The highest BCUT2D eigenvalue weighted by Crippen LogP contribution is 2.28. The van der Waals surface area contributed by atoms with Crippen LogP contribution in [0.5, 0.6) is 0 Å². The van der Waals surface area contributed by atoms with E-state index in [1.54, 1.807) is 0 Å². The Kier molecular flexibility index (Phi) is 6.85. The number of ether oxygens (including phenoxy) is 2. The maximum absolute atomic E-state index is 15.2. The van der Waals surface area contributed by atoms with E-state index in [1.807, 2.05) is 60.7 Å². The van der Waals surface area contributed by atoms with Crippen molar-refractivity contribution in [1.82, 2.24) is 5.32 Å². The van der Waals surface area contributed by atoms with Gasteiger partial charge in [0.15, 0.2) is 6.10 Å². The smallest absolute Gasteiger partial charge is 0.415 e. The Hall–Kier alpha value is -3.91. The van der Waals surface area contributed by atoms with Gasteiger partial charge in [0.05, 0.1) is 18.8 Å². The lowest BCUT2D eigenvalue weighted by molar-refractivity contribution is 0.0318. The van der Waals surface area contributed by atoms with E-state index in [9.17, 15) is 14.7 Å². The van der Waals surface area contributed by atoms with Crippen LogP contribution in [0, 0.1) is 5.82 Å². The van der Waals surface area contributed by atoms with Gasteiger partial charge in [0.2, 0.25) is 0 Å². The highest BCUT2D eigenvalue weighted by molar-refractivity contribution is 5.87. The van der Waals surface area contributed by atoms with Crippen LogP contribution in [0.4, 0.5) is 19.7 Å². The van der Waals surface area contributed by atoms with Gasteiger partial charge < -0.3 is 19.9 Å². The second-order valence-electron chi connectivity index (χ2n) is 7.59. The largest absolute Gasteiger partial charge is 0.444 e. The van der Waals surface area contributed by atoms with Crippen molar-refractivity contribution in [3.05, 3.63) is 101 Å². The molecule has 1 heterocycles. The fourth-order valence-corrected chi connectivity index (χ4v) is 3.53. The van der Waals surface area contributed by atoms with Crippen molar-refractivity contribution in [2.75, 3.05) is 11.4 Å². The zero-order valence-corrected chi connectivity index (χ0v) is 17.7. The third-order valence-electron chi connectivity index (χ3n) is 5.27. The molecule has 8 heteroatoms. The van der Waals surface area contributed by atoms with Crippen LogP contribution in [0.3, 0.4) is 0 Å². The van der Waals surface area contributed by atoms with E-state index in [0.717, 1.165) is 17.2 Å². The fourth-order valence-electron chi connectivity index (χ4n) is 3.53. The van der Waals surface area contributed by atoms with Gasteiger partial charge >= 0.3 is 12.2 Å². The normalized spacial score (nSPS) is 15.9. The highest BCUT2D eigenvalue weighted by atomic mass is 19.1. The molecule has 2 amide bonds. The standard InChI is InChI=1S/C25H23FN2O5/c26-20-13-19(23(29)22-14-27-24(30)33-22)11-12-21(20)28(15-17-7-3-1-4-8-17)25(31)32-16-18-9-5-2-6-10-18/h1-13,22-23,29H,14-16H2,(H,27,30). The van der Waals surface area contributed by atoms with E-state index < -0.39 is 30.2 Å². The maximum atomic E-state index is 15.2. The van der Waals surface area contributed by atoms with Crippen molar-refractivity contribution in [2.45, 2.75) is 25.4 Å². The summed E-state index contributed by atoms with van der Waals surface area (Å²) in [5, 5.41) is 12.9. The van der Waals surface area contributed by atoms with Crippen molar-refractivity contribution >= 4 is 17.9 Å². The lowest BCUT2D eigenvalue weighted by Crippen LogP contribution is -2.32. The van der Waals surface area contributed by atoms with Gasteiger partial charge in [-0.1, -0.05) is 66.7 Å². The van der Waals surface area contributed by atoms with Gasteiger partial charge in [-0.25, -0.2) is 14.0 Å². The first-order valence-corrected chi connectivity index (χ1v) is 10.5. The van der Waals surface area contributed by atoms with Crippen LogP contribution in [0.2, 0.25) is 0 Å². The Balaban J connectivity index is 1.56.